The first-order chi connectivity index (χ1) is 19.9. The van der Waals surface area contributed by atoms with Crippen LogP contribution in [-0.2, 0) is 23.1 Å². The monoisotopic (exact) mass is 571 g/mol. The summed E-state index contributed by atoms with van der Waals surface area (Å²) in [4.78, 5) is 43.3. The summed E-state index contributed by atoms with van der Waals surface area (Å²) >= 11 is 0. The lowest BCUT2D eigenvalue weighted by molar-refractivity contribution is -0.130. The fraction of sp³-hybridized carbons (Fsp3) is 0.469. The zero-order valence-corrected chi connectivity index (χ0v) is 25.2. The zero-order chi connectivity index (χ0) is 30.8. The molecule has 2 aromatic carbocycles. The van der Waals surface area contributed by atoms with E-state index in [1.807, 2.05) is 31.2 Å². The van der Waals surface area contributed by atoms with E-state index in [1.165, 1.54) is 9.80 Å². The minimum Gasteiger partial charge on any atom is -0.387 e. The van der Waals surface area contributed by atoms with Gasteiger partial charge in [0.05, 0.1) is 18.0 Å². The molecule has 1 fully saturated rings. The maximum Gasteiger partial charge on any atom is 0.253 e. The van der Waals surface area contributed by atoms with Crippen molar-refractivity contribution in [2.45, 2.75) is 56.5 Å². The molecule has 2 atom stereocenters. The Morgan fingerprint density at radius 3 is 2.02 bits per heavy atom. The molecular formula is C32H41N7O3. The van der Waals surface area contributed by atoms with Gasteiger partial charge in [0.15, 0.2) is 0 Å². The van der Waals surface area contributed by atoms with E-state index in [2.05, 4.69) is 11.4 Å². The number of rotatable bonds is 8. The van der Waals surface area contributed by atoms with E-state index in [9.17, 15) is 19.6 Å². The van der Waals surface area contributed by atoms with Crippen LogP contribution in [0.2, 0.25) is 0 Å². The first-order valence-electron chi connectivity index (χ1n) is 14.4. The van der Waals surface area contributed by atoms with Crippen molar-refractivity contribution in [3.63, 3.8) is 0 Å². The summed E-state index contributed by atoms with van der Waals surface area (Å²) in [6, 6.07) is 12.7. The van der Waals surface area contributed by atoms with Crippen molar-refractivity contribution < 1.29 is 14.4 Å². The van der Waals surface area contributed by atoms with Crippen LogP contribution < -0.4 is 11.1 Å². The number of carbonyl (C=O) groups is 3. The summed E-state index contributed by atoms with van der Waals surface area (Å²) in [6.45, 7) is 2.61. The van der Waals surface area contributed by atoms with Gasteiger partial charge in [0, 0.05) is 51.9 Å². The highest BCUT2D eigenvalue weighted by Gasteiger charge is 2.44. The first-order valence-corrected chi connectivity index (χ1v) is 14.4. The lowest BCUT2D eigenvalue weighted by Gasteiger charge is -2.38. The lowest BCUT2D eigenvalue weighted by Crippen LogP contribution is -2.49. The van der Waals surface area contributed by atoms with Gasteiger partial charge in [-0.25, -0.2) is 0 Å². The highest BCUT2D eigenvalue weighted by atomic mass is 16.2. The normalized spacial score (nSPS) is 17.7. The number of amidine groups is 1. The van der Waals surface area contributed by atoms with Crippen molar-refractivity contribution in [1.29, 1.82) is 10.7 Å². The number of nitriles is 1. The minimum atomic E-state index is -1.06. The number of hydrogen-bond donors (Lipinski definition) is 3. The quantitative estimate of drug-likeness (QED) is 0.327. The largest absolute Gasteiger partial charge is 0.387 e. The molecule has 1 unspecified atom stereocenters. The topological polar surface area (TPSA) is 147 Å². The standard InChI is InChI=1S/C32H41N7O3/c1-20(36-19-28(40)39-14-6-7-25(39)18-33)17-32(31(34)35)26-12-10-23(29(41)37(2)3)15-21(26)8-9-22-16-24(11-13-27(22)32)30(42)38(4)5/h10-13,15-16,20,25,36H,6-9,14,17,19H2,1-5H3,(H3,34,35)/t20-,25?/m0/s1. The van der Waals surface area contributed by atoms with E-state index >= 15 is 0 Å². The smallest absolute Gasteiger partial charge is 0.253 e. The van der Waals surface area contributed by atoms with Gasteiger partial charge in [-0.2, -0.15) is 5.26 Å². The molecule has 3 amide bonds. The third-order valence-electron chi connectivity index (χ3n) is 8.50. The molecule has 1 saturated heterocycles. The number of benzene rings is 2. The van der Waals surface area contributed by atoms with Gasteiger partial charge in [0.1, 0.15) is 11.9 Å². The zero-order valence-electron chi connectivity index (χ0n) is 25.2. The second-order valence-electron chi connectivity index (χ2n) is 11.8. The van der Waals surface area contributed by atoms with Crippen LogP contribution in [0, 0.1) is 16.7 Å². The Labute approximate surface area is 248 Å². The van der Waals surface area contributed by atoms with Gasteiger partial charge < -0.3 is 25.8 Å². The van der Waals surface area contributed by atoms with Gasteiger partial charge >= 0.3 is 0 Å². The highest BCUT2D eigenvalue weighted by molar-refractivity contribution is 5.98. The SMILES string of the molecule is C[C@@H](CC1(C(=N)N)c2ccc(C(=O)N(C)C)cc2CCc2cc(C(=O)N(C)C)ccc21)NCC(=O)N1CCCC1C#N. The molecule has 42 heavy (non-hydrogen) atoms. The molecule has 4 N–H and O–H groups in total. The molecule has 0 aromatic heterocycles. The number of likely N-dealkylation sites (tertiary alicyclic amines) is 1. The van der Waals surface area contributed by atoms with E-state index in [0.717, 1.165) is 28.7 Å². The fourth-order valence-corrected chi connectivity index (χ4v) is 6.34. The van der Waals surface area contributed by atoms with Crippen molar-refractivity contribution >= 4 is 23.6 Å². The van der Waals surface area contributed by atoms with Crippen molar-refractivity contribution in [2.24, 2.45) is 5.73 Å². The number of aryl methyl sites for hydroxylation is 2. The number of fused-ring (bicyclic) bond motifs is 2. The van der Waals surface area contributed by atoms with E-state index < -0.39 is 11.5 Å². The number of amides is 3. The number of carbonyl (C=O) groups excluding carboxylic acids is 3. The third kappa shape index (κ3) is 5.74. The van der Waals surface area contributed by atoms with E-state index in [-0.39, 0.29) is 36.1 Å². The maximum absolute atomic E-state index is 13.0. The molecule has 10 nitrogen and oxygen atoms in total. The van der Waals surface area contributed by atoms with Crippen LogP contribution >= 0.6 is 0 Å². The number of nitrogens with zero attached hydrogens (tertiary/aromatic N) is 4. The molecule has 4 rings (SSSR count). The molecule has 2 aliphatic rings. The minimum absolute atomic E-state index is 0.0469. The van der Waals surface area contributed by atoms with Crippen LogP contribution in [0.4, 0.5) is 0 Å². The number of nitrogens with two attached hydrogens (primary N) is 1. The Bertz CT molecular complexity index is 1370. The van der Waals surface area contributed by atoms with Crippen molar-refractivity contribution in [1.82, 2.24) is 20.0 Å². The summed E-state index contributed by atoms with van der Waals surface area (Å²) in [6.07, 6.45) is 3.10. The summed E-state index contributed by atoms with van der Waals surface area (Å²) in [5.41, 5.74) is 10.1. The molecule has 10 heteroatoms. The molecule has 0 bridgehead atoms. The summed E-state index contributed by atoms with van der Waals surface area (Å²) in [7, 11) is 6.84. The summed E-state index contributed by atoms with van der Waals surface area (Å²) < 4.78 is 0. The Hall–Kier alpha value is -4.23. The second kappa shape index (κ2) is 12.3. The molecular weight excluding hydrogens is 530 g/mol. The second-order valence-corrected chi connectivity index (χ2v) is 11.8. The van der Waals surface area contributed by atoms with E-state index in [4.69, 9.17) is 11.1 Å². The third-order valence-corrected chi connectivity index (χ3v) is 8.50. The lowest BCUT2D eigenvalue weighted by atomic mass is 9.67. The van der Waals surface area contributed by atoms with Gasteiger partial charge in [-0.15, -0.1) is 0 Å². The average Bonchev–Trinajstić information content (AvgIpc) is 3.40. The maximum atomic E-state index is 13.0. The Morgan fingerprint density at radius 2 is 1.57 bits per heavy atom. The van der Waals surface area contributed by atoms with Gasteiger partial charge in [0.25, 0.3) is 11.8 Å². The van der Waals surface area contributed by atoms with Crippen LogP contribution in [0.1, 0.15) is 69.2 Å². The van der Waals surface area contributed by atoms with Gasteiger partial charge in [-0.3, -0.25) is 19.8 Å². The molecule has 2 aromatic rings. The van der Waals surface area contributed by atoms with Crippen LogP contribution in [0.3, 0.4) is 0 Å². The van der Waals surface area contributed by atoms with Crippen molar-refractivity contribution in [3.05, 3.63) is 69.8 Å². The molecule has 0 saturated carbocycles. The molecule has 1 aliphatic carbocycles. The Kier molecular flexibility index (Phi) is 9.02. The van der Waals surface area contributed by atoms with Gasteiger partial charge in [0.2, 0.25) is 5.91 Å². The van der Waals surface area contributed by atoms with E-state index in [1.54, 1.807) is 45.2 Å². The average molecular weight is 572 g/mol. The van der Waals surface area contributed by atoms with Crippen molar-refractivity contribution in [3.8, 4) is 6.07 Å². The van der Waals surface area contributed by atoms with Crippen LogP contribution in [0.25, 0.3) is 0 Å². The first kappa shape index (κ1) is 30.7. The molecule has 1 heterocycles. The van der Waals surface area contributed by atoms with E-state index in [0.29, 0.717) is 43.4 Å². The summed E-state index contributed by atoms with van der Waals surface area (Å²) in [5.74, 6) is -0.395. The number of nitrogens with one attached hydrogen (secondary N) is 2. The van der Waals surface area contributed by atoms with Crippen LogP contribution in [0.5, 0.6) is 0 Å². The predicted octanol–water partition coefficient (Wildman–Crippen LogP) is 2.29. The molecule has 0 radical (unpaired) electrons. The highest BCUT2D eigenvalue weighted by Crippen LogP contribution is 2.44. The van der Waals surface area contributed by atoms with Crippen LogP contribution in [0.15, 0.2) is 36.4 Å². The Morgan fingerprint density at radius 1 is 1.05 bits per heavy atom. The molecule has 1 aliphatic heterocycles. The predicted molar refractivity (Wildman–Crippen MR) is 161 cm³/mol. The Balaban J connectivity index is 1.77. The van der Waals surface area contributed by atoms with Gasteiger partial charge in [-0.1, -0.05) is 12.1 Å². The molecule has 222 valence electrons. The van der Waals surface area contributed by atoms with Gasteiger partial charge in [-0.05, 0) is 85.5 Å². The fourth-order valence-electron chi connectivity index (χ4n) is 6.34. The summed E-state index contributed by atoms with van der Waals surface area (Å²) in [5, 5.41) is 21.7. The number of hydrogen-bond acceptors (Lipinski definition) is 6. The van der Waals surface area contributed by atoms with Crippen molar-refractivity contribution in [2.75, 3.05) is 41.3 Å². The van der Waals surface area contributed by atoms with Crippen LogP contribution in [-0.4, -0.2) is 91.6 Å². The molecule has 0 spiro atoms.